The molecule has 0 atom stereocenters. The predicted molar refractivity (Wildman–Crippen MR) is 62.8 cm³/mol. The van der Waals surface area contributed by atoms with Crippen molar-refractivity contribution < 1.29 is 8.42 Å². The molecule has 0 radical (unpaired) electrons. The van der Waals surface area contributed by atoms with Gasteiger partial charge in [0.25, 0.3) is 0 Å². The van der Waals surface area contributed by atoms with Gasteiger partial charge in [-0.15, -0.1) is 0 Å². The van der Waals surface area contributed by atoms with E-state index in [2.05, 4.69) is 9.82 Å². The number of sulfonamides is 1. The van der Waals surface area contributed by atoms with Gasteiger partial charge >= 0.3 is 0 Å². The van der Waals surface area contributed by atoms with Crippen LogP contribution in [0.4, 0.5) is 0 Å². The molecule has 1 N–H and O–H groups in total. The first-order chi connectivity index (χ1) is 7.18. The second-order valence-corrected chi connectivity index (χ2v) is 6.50. The normalized spacial score (nSPS) is 13.1. The maximum atomic E-state index is 11.9. The lowest BCUT2D eigenvalue weighted by atomic mass is 9.92. The molecule has 0 aliphatic carbocycles. The summed E-state index contributed by atoms with van der Waals surface area (Å²) in [7, 11) is -1.71. The molecule has 6 heteroatoms. The number of rotatable bonds is 3. The zero-order valence-corrected chi connectivity index (χ0v) is 11.2. The molecule has 0 aliphatic heterocycles. The van der Waals surface area contributed by atoms with Crippen LogP contribution in [0.25, 0.3) is 0 Å². The number of hydrogen-bond acceptors (Lipinski definition) is 3. The molecular weight excluding hydrogens is 226 g/mol. The smallest absolute Gasteiger partial charge is 0.243 e. The van der Waals surface area contributed by atoms with Gasteiger partial charge in [0, 0.05) is 25.2 Å². The van der Waals surface area contributed by atoms with Crippen molar-refractivity contribution in [2.75, 3.05) is 6.54 Å². The van der Waals surface area contributed by atoms with E-state index in [9.17, 15) is 8.42 Å². The fraction of sp³-hybridized carbons (Fsp3) is 0.700. The van der Waals surface area contributed by atoms with Gasteiger partial charge in [0.05, 0.1) is 5.69 Å². The molecule has 1 rings (SSSR count). The van der Waals surface area contributed by atoms with Gasteiger partial charge in [-0.1, -0.05) is 27.7 Å². The van der Waals surface area contributed by atoms with E-state index in [-0.39, 0.29) is 10.3 Å². The van der Waals surface area contributed by atoms with E-state index in [1.807, 2.05) is 20.8 Å². The molecule has 0 aromatic carbocycles. The van der Waals surface area contributed by atoms with Crippen LogP contribution in [0.3, 0.4) is 0 Å². The highest BCUT2D eigenvalue weighted by molar-refractivity contribution is 7.89. The third-order valence-corrected chi connectivity index (χ3v) is 3.68. The Morgan fingerprint density at radius 2 is 2.00 bits per heavy atom. The van der Waals surface area contributed by atoms with E-state index >= 15 is 0 Å². The third kappa shape index (κ3) is 2.62. The van der Waals surface area contributed by atoms with Gasteiger partial charge in [-0.2, -0.15) is 5.10 Å². The van der Waals surface area contributed by atoms with E-state index in [1.165, 1.54) is 4.68 Å². The zero-order valence-electron chi connectivity index (χ0n) is 10.4. The van der Waals surface area contributed by atoms with Crippen LogP contribution in [-0.2, 0) is 22.5 Å². The minimum atomic E-state index is -3.44. The van der Waals surface area contributed by atoms with Crippen molar-refractivity contribution in [1.29, 1.82) is 0 Å². The van der Waals surface area contributed by atoms with Gasteiger partial charge in [-0.3, -0.25) is 4.68 Å². The number of aromatic nitrogens is 2. The highest BCUT2D eigenvalue weighted by atomic mass is 32.2. The van der Waals surface area contributed by atoms with Crippen LogP contribution in [0.1, 0.15) is 33.4 Å². The van der Waals surface area contributed by atoms with E-state index in [1.54, 1.807) is 20.2 Å². The molecule has 1 heterocycles. The molecule has 0 spiro atoms. The zero-order chi connectivity index (χ0) is 12.6. The summed E-state index contributed by atoms with van der Waals surface area (Å²) in [6.07, 6.45) is 1.54. The maximum absolute atomic E-state index is 11.9. The van der Waals surface area contributed by atoms with Crippen LogP contribution < -0.4 is 4.72 Å². The van der Waals surface area contributed by atoms with Gasteiger partial charge in [0.15, 0.2) is 0 Å². The van der Waals surface area contributed by atoms with E-state index in [0.29, 0.717) is 12.2 Å². The van der Waals surface area contributed by atoms with Crippen molar-refractivity contribution in [3.05, 3.63) is 11.9 Å². The standard InChI is InChI=1S/C10H19N3O2S/c1-6-11-16(14,15)8-7-13(5)12-9(8)10(2,3)4/h7,11H,6H2,1-5H3. The number of nitrogens with zero attached hydrogens (tertiary/aromatic N) is 2. The summed E-state index contributed by atoms with van der Waals surface area (Å²) in [5.74, 6) is 0. The minimum absolute atomic E-state index is 0.268. The minimum Gasteiger partial charge on any atom is -0.274 e. The monoisotopic (exact) mass is 245 g/mol. The Hall–Kier alpha value is -0.880. The molecule has 16 heavy (non-hydrogen) atoms. The van der Waals surface area contributed by atoms with Gasteiger partial charge in [0.1, 0.15) is 4.90 Å². The van der Waals surface area contributed by atoms with Crippen molar-refractivity contribution in [2.45, 2.75) is 38.0 Å². The van der Waals surface area contributed by atoms with E-state index < -0.39 is 10.0 Å². The summed E-state index contributed by atoms with van der Waals surface area (Å²) in [6.45, 7) is 7.96. The molecule has 1 aromatic rings. The first-order valence-corrected chi connectivity index (χ1v) is 6.70. The number of hydrogen-bond donors (Lipinski definition) is 1. The first-order valence-electron chi connectivity index (χ1n) is 5.22. The van der Waals surface area contributed by atoms with Gasteiger partial charge in [0.2, 0.25) is 10.0 Å². The highest BCUT2D eigenvalue weighted by Crippen LogP contribution is 2.26. The van der Waals surface area contributed by atoms with Gasteiger partial charge < -0.3 is 0 Å². The third-order valence-electron chi connectivity index (χ3n) is 2.13. The summed E-state index contributed by atoms with van der Waals surface area (Å²) in [5.41, 5.74) is 0.301. The lowest BCUT2D eigenvalue weighted by Crippen LogP contribution is -2.26. The van der Waals surface area contributed by atoms with Crippen molar-refractivity contribution in [1.82, 2.24) is 14.5 Å². The molecule has 5 nitrogen and oxygen atoms in total. The molecule has 0 unspecified atom stereocenters. The summed E-state index contributed by atoms with van der Waals surface area (Å²) < 4.78 is 27.9. The first kappa shape index (κ1) is 13.2. The van der Waals surface area contributed by atoms with Crippen LogP contribution in [0.15, 0.2) is 11.1 Å². The maximum Gasteiger partial charge on any atom is 0.243 e. The SMILES string of the molecule is CCNS(=O)(=O)c1cn(C)nc1C(C)(C)C. The van der Waals surface area contributed by atoms with Crippen LogP contribution >= 0.6 is 0 Å². The Morgan fingerprint density at radius 1 is 1.44 bits per heavy atom. The second kappa shape index (κ2) is 4.18. The Balaban J connectivity index is 3.35. The Kier molecular flexibility index (Phi) is 3.44. The van der Waals surface area contributed by atoms with Crippen molar-refractivity contribution in [3.63, 3.8) is 0 Å². The lowest BCUT2D eigenvalue weighted by Gasteiger charge is -2.17. The van der Waals surface area contributed by atoms with Crippen LogP contribution in [0, 0.1) is 0 Å². The van der Waals surface area contributed by atoms with Gasteiger partial charge in [-0.25, -0.2) is 13.1 Å². The average Bonchev–Trinajstić information content (AvgIpc) is 2.46. The van der Waals surface area contributed by atoms with Crippen LogP contribution in [-0.4, -0.2) is 24.7 Å². The molecule has 0 aliphatic rings. The summed E-state index contributed by atoms with van der Waals surface area (Å²) >= 11 is 0. The Labute approximate surface area is 96.9 Å². The molecule has 0 saturated heterocycles. The van der Waals surface area contributed by atoms with Crippen molar-refractivity contribution in [2.24, 2.45) is 7.05 Å². The van der Waals surface area contributed by atoms with Crippen molar-refractivity contribution >= 4 is 10.0 Å². The van der Waals surface area contributed by atoms with E-state index in [4.69, 9.17) is 0 Å². The fourth-order valence-corrected chi connectivity index (χ4v) is 2.88. The molecule has 92 valence electrons. The number of nitrogens with one attached hydrogen (secondary N) is 1. The quantitative estimate of drug-likeness (QED) is 0.864. The largest absolute Gasteiger partial charge is 0.274 e. The predicted octanol–water partition coefficient (Wildman–Crippen LogP) is 1.02. The molecule has 0 bridgehead atoms. The van der Waals surface area contributed by atoms with Gasteiger partial charge in [-0.05, 0) is 0 Å². The molecule has 0 saturated carbocycles. The molecule has 0 amide bonds. The number of aryl methyl sites for hydroxylation is 1. The van der Waals surface area contributed by atoms with Crippen LogP contribution in [0.5, 0.6) is 0 Å². The Morgan fingerprint density at radius 3 is 2.44 bits per heavy atom. The van der Waals surface area contributed by atoms with Crippen molar-refractivity contribution in [3.8, 4) is 0 Å². The second-order valence-electron chi connectivity index (χ2n) is 4.77. The molecule has 0 fully saturated rings. The molecular formula is C10H19N3O2S. The fourth-order valence-electron chi connectivity index (χ4n) is 1.45. The summed E-state index contributed by atoms with van der Waals surface area (Å²) in [4.78, 5) is 0.268. The topological polar surface area (TPSA) is 64.0 Å². The average molecular weight is 245 g/mol. The Bertz CT molecular complexity index is 469. The van der Waals surface area contributed by atoms with E-state index in [0.717, 1.165) is 0 Å². The summed E-state index contributed by atoms with van der Waals surface area (Å²) in [5, 5.41) is 4.23. The highest BCUT2D eigenvalue weighted by Gasteiger charge is 2.28. The molecule has 1 aromatic heterocycles. The summed E-state index contributed by atoms with van der Waals surface area (Å²) in [6, 6.07) is 0. The lowest BCUT2D eigenvalue weighted by molar-refractivity contribution is 0.536. The van der Waals surface area contributed by atoms with Crippen LogP contribution in [0.2, 0.25) is 0 Å².